The number of fused-ring (bicyclic) bond motifs is 3. The summed E-state index contributed by atoms with van der Waals surface area (Å²) >= 11 is 3.83. The maximum Gasteiger partial charge on any atom is 0.143 e. The van der Waals surface area contributed by atoms with E-state index in [-0.39, 0.29) is 5.82 Å². The van der Waals surface area contributed by atoms with E-state index in [4.69, 9.17) is 0 Å². The van der Waals surface area contributed by atoms with Crippen LogP contribution < -0.4 is 4.90 Å². The molecule has 0 unspecified atom stereocenters. The minimum Gasteiger partial charge on any atom is -0.372 e. The Morgan fingerprint density at radius 3 is 3.00 bits per heavy atom. The molecule has 0 atom stereocenters. The summed E-state index contributed by atoms with van der Waals surface area (Å²) < 4.78 is 13.2. The molecule has 0 saturated carbocycles. The fourth-order valence-corrected chi connectivity index (χ4v) is 3.00. The average molecular weight is 376 g/mol. The second-order valence-corrected chi connectivity index (χ2v) is 4.88. The zero-order chi connectivity index (χ0) is 13.1. The number of rotatable bonds is 0. The third kappa shape index (κ3) is 2.51. The van der Waals surface area contributed by atoms with Gasteiger partial charge in [-0.15, -0.1) is 11.3 Å². The van der Waals surface area contributed by atoms with E-state index in [0.717, 1.165) is 24.3 Å². The number of thiophene rings is 1. The number of halogens is 2. The third-order valence-electron chi connectivity index (χ3n) is 2.92. The number of anilines is 1. The fourth-order valence-electron chi connectivity index (χ4n) is 2.04. The topological polar surface area (TPSA) is 16.1 Å². The van der Waals surface area contributed by atoms with Crippen LogP contribution in [-0.2, 0) is 6.42 Å². The molecule has 0 radical (unpaired) electrons. The van der Waals surface area contributed by atoms with Gasteiger partial charge in [0.05, 0.1) is 16.8 Å². The van der Waals surface area contributed by atoms with E-state index in [1.54, 1.807) is 17.4 Å². The standard InChI is InChI=1S/C12H11FN2S.CH3I/c1-15-4-2-8-3-5-16-12(8)11-10(15)6-9(13)7-14-11;1-2/h3,5-7H,2,4H2,1H3;1H3. The summed E-state index contributed by atoms with van der Waals surface area (Å²) in [5.41, 5.74) is 3.11. The number of alkyl halides is 1. The van der Waals surface area contributed by atoms with Crippen LogP contribution in [0, 0.1) is 5.82 Å². The first-order valence-electron chi connectivity index (χ1n) is 5.57. The van der Waals surface area contributed by atoms with Gasteiger partial charge in [0.25, 0.3) is 0 Å². The second kappa shape index (κ2) is 5.97. The van der Waals surface area contributed by atoms with E-state index < -0.39 is 0 Å². The predicted octanol–water partition coefficient (Wildman–Crippen LogP) is 3.99. The molecular formula is C13H14FIN2S. The van der Waals surface area contributed by atoms with Gasteiger partial charge in [0.1, 0.15) is 11.5 Å². The highest BCUT2D eigenvalue weighted by molar-refractivity contribution is 14.1. The van der Waals surface area contributed by atoms with E-state index in [0.29, 0.717) is 0 Å². The SMILES string of the molecule is CI.CN1CCc2ccsc2-c2ncc(F)cc21. The molecular weight excluding hydrogens is 362 g/mol. The Morgan fingerprint density at radius 1 is 1.44 bits per heavy atom. The average Bonchev–Trinajstić information content (AvgIpc) is 2.82. The lowest BCUT2D eigenvalue weighted by Crippen LogP contribution is -2.19. The molecule has 0 aromatic carbocycles. The number of hydrogen-bond acceptors (Lipinski definition) is 3. The van der Waals surface area contributed by atoms with E-state index >= 15 is 0 Å². The van der Waals surface area contributed by atoms with Crippen molar-refractivity contribution in [2.75, 3.05) is 23.4 Å². The number of hydrogen-bond donors (Lipinski definition) is 0. The number of likely N-dealkylation sites (N-methyl/N-ethyl adjacent to an activating group) is 1. The van der Waals surface area contributed by atoms with Crippen LogP contribution >= 0.6 is 33.9 Å². The Hall–Kier alpha value is -0.690. The van der Waals surface area contributed by atoms with Crippen molar-refractivity contribution in [3.8, 4) is 10.6 Å². The maximum atomic E-state index is 13.2. The zero-order valence-electron chi connectivity index (χ0n) is 10.3. The van der Waals surface area contributed by atoms with Gasteiger partial charge in [0, 0.05) is 19.7 Å². The van der Waals surface area contributed by atoms with Crippen molar-refractivity contribution >= 4 is 39.6 Å². The first-order chi connectivity index (χ1) is 8.75. The summed E-state index contributed by atoms with van der Waals surface area (Å²) in [6.45, 7) is 0.905. The zero-order valence-corrected chi connectivity index (χ0v) is 13.3. The van der Waals surface area contributed by atoms with Crippen LogP contribution in [0.4, 0.5) is 10.1 Å². The minimum atomic E-state index is -0.273. The summed E-state index contributed by atoms with van der Waals surface area (Å²) in [6, 6.07) is 3.70. The summed E-state index contributed by atoms with van der Waals surface area (Å²) in [4.78, 5) is 9.45. The smallest absolute Gasteiger partial charge is 0.143 e. The second-order valence-electron chi connectivity index (χ2n) is 3.97. The number of aromatic nitrogens is 1. The Bertz CT molecular complexity index is 542. The fraction of sp³-hybridized carbons (Fsp3) is 0.308. The van der Waals surface area contributed by atoms with Crippen LogP contribution in [-0.4, -0.2) is 23.5 Å². The molecule has 0 amide bonds. The Kier molecular flexibility index (Phi) is 4.55. The minimum absolute atomic E-state index is 0.273. The van der Waals surface area contributed by atoms with Crippen LogP contribution in [0.5, 0.6) is 0 Å². The Labute approximate surface area is 124 Å². The monoisotopic (exact) mass is 376 g/mol. The summed E-state index contributed by atoms with van der Waals surface area (Å²) in [5, 5.41) is 2.07. The van der Waals surface area contributed by atoms with Crippen molar-refractivity contribution in [2.24, 2.45) is 0 Å². The van der Waals surface area contributed by atoms with Gasteiger partial charge < -0.3 is 4.90 Å². The van der Waals surface area contributed by atoms with Gasteiger partial charge in [0.2, 0.25) is 0 Å². The molecule has 0 bridgehead atoms. The predicted molar refractivity (Wildman–Crippen MR) is 84.4 cm³/mol. The van der Waals surface area contributed by atoms with Crippen LogP contribution in [0.3, 0.4) is 0 Å². The highest BCUT2D eigenvalue weighted by Gasteiger charge is 2.20. The van der Waals surface area contributed by atoms with Crippen LogP contribution in [0.1, 0.15) is 5.56 Å². The molecule has 0 spiro atoms. The van der Waals surface area contributed by atoms with Crippen molar-refractivity contribution < 1.29 is 4.39 Å². The van der Waals surface area contributed by atoms with Gasteiger partial charge in [-0.05, 0) is 28.4 Å². The number of nitrogens with zero attached hydrogens (tertiary/aromatic N) is 2. The van der Waals surface area contributed by atoms with Gasteiger partial charge >= 0.3 is 0 Å². The van der Waals surface area contributed by atoms with Crippen LogP contribution in [0.25, 0.3) is 10.6 Å². The quantitative estimate of drug-likeness (QED) is 0.511. The van der Waals surface area contributed by atoms with Crippen LogP contribution in [0.2, 0.25) is 0 Å². The van der Waals surface area contributed by atoms with E-state index in [1.807, 2.05) is 12.0 Å². The molecule has 3 rings (SSSR count). The van der Waals surface area contributed by atoms with E-state index in [2.05, 4.69) is 43.9 Å². The van der Waals surface area contributed by atoms with E-state index in [1.165, 1.54) is 16.6 Å². The van der Waals surface area contributed by atoms with Gasteiger partial charge in [0.15, 0.2) is 0 Å². The highest BCUT2D eigenvalue weighted by Crippen LogP contribution is 2.37. The maximum absolute atomic E-state index is 13.2. The van der Waals surface area contributed by atoms with Gasteiger partial charge in [-0.1, -0.05) is 22.6 Å². The van der Waals surface area contributed by atoms with E-state index in [9.17, 15) is 4.39 Å². The summed E-state index contributed by atoms with van der Waals surface area (Å²) in [7, 11) is 1.98. The molecule has 2 aromatic heterocycles. The summed E-state index contributed by atoms with van der Waals surface area (Å²) in [5.74, 6) is -0.273. The molecule has 0 fully saturated rings. The lowest BCUT2D eigenvalue weighted by Gasteiger charge is -2.18. The highest BCUT2D eigenvalue weighted by atomic mass is 127. The molecule has 0 saturated heterocycles. The molecule has 3 heterocycles. The molecule has 1 aliphatic rings. The van der Waals surface area contributed by atoms with Gasteiger partial charge in [-0.3, -0.25) is 4.98 Å². The van der Waals surface area contributed by atoms with Gasteiger partial charge in [-0.25, -0.2) is 4.39 Å². The molecule has 18 heavy (non-hydrogen) atoms. The van der Waals surface area contributed by atoms with Gasteiger partial charge in [-0.2, -0.15) is 0 Å². The molecule has 1 aliphatic heterocycles. The van der Waals surface area contributed by atoms with Crippen LogP contribution in [0.15, 0.2) is 23.7 Å². The lowest BCUT2D eigenvalue weighted by molar-refractivity contribution is 0.621. The van der Waals surface area contributed by atoms with Crippen molar-refractivity contribution in [3.63, 3.8) is 0 Å². The number of pyridine rings is 1. The first kappa shape index (κ1) is 13.7. The molecule has 2 aromatic rings. The molecule has 0 N–H and O–H groups in total. The Balaban J connectivity index is 0.000000574. The van der Waals surface area contributed by atoms with Crippen molar-refractivity contribution in [1.82, 2.24) is 4.98 Å². The van der Waals surface area contributed by atoms with Crippen molar-refractivity contribution in [2.45, 2.75) is 6.42 Å². The van der Waals surface area contributed by atoms with Crippen molar-refractivity contribution in [1.29, 1.82) is 0 Å². The van der Waals surface area contributed by atoms with Crippen molar-refractivity contribution in [3.05, 3.63) is 35.1 Å². The normalized spacial score (nSPS) is 13.0. The third-order valence-corrected chi connectivity index (χ3v) is 3.89. The molecule has 2 nitrogen and oxygen atoms in total. The lowest BCUT2D eigenvalue weighted by atomic mass is 10.1. The largest absolute Gasteiger partial charge is 0.372 e. The first-order valence-corrected chi connectivity index (χ1v) is 8.60. The molecule has 0 aliphatic carbocycles. The Morgan fingerprint density at radius 2 is 2.22 bits per heavy atom. The molecule has 96 valence electrons. The molecule has 5 heteroatoms. The summed E-state index contributed by atoms with van der Waals surface area (Å²) in [6.07, 6.45) is 2.29.